The lowest BCUT2D eigenvalue weighted by Gasteiger charge is -2.47. The highest BCUT2D eigenvalue weighted by Gasteiger charge is 2.39. The first-order valence-electron chi connectivity index (χ1n) is 13.8. The van der Waals surface area contributed by atoms with Crippen LogP contribution in [-0.4, -0.2) is 16.0 Å². The van der Waals surface area contributed by atoms with Crippen LogP contribution in [0.4, 0.5) is 26.3 Å². The monoisotopic (exact) mass is 553 g/mol. The number of hydrogen-bond acceptors (Lipinski definition) is 2. The Morgan fingerprint density at radius 2 is 1.23 bits per heavy atom. The number of aliphatic hydroxyl groups is 1. The molecule has 2 aromatic rings. The van der Waals surface area contributed by atoms with Crippen molar-refractivity contribution in [2.24, 2.45) is 17.8 Å². The Kier molecular flexibility index (Phi) is 9.35. The van der Waals surface area contributed by atoms with E-state index in [1.54, 1.807) is 0 Å². The summed E-state index contributed by atoms with van der Waals surface area (Å²) < 4.78 is 78.9. The van der Waals surface area contributed by atoms with E-state index in [1.807, 2.05) is 0 Å². The summed E-state index contributed by atoms with van der Waals surface area (Å²) in [5.74, 6) is 1.37. The molecule has 1 N–H and O–H groups in total. The molecular weight excluding hydrogens is 516 g/mol. The van der Waals surface area contributed by atoms with Gasteiger partial charge in [0.2, 0.25) is 0 Å². The first-order valence-corrected chi connectivity index (χ1v) is 13.8. The summed E-state index contributed by atoms with van der Waals surface area (Å²) in [6, 6.07) is 10.5. The molecule has 4 rings (SSSR count). The van der Waals surface area contributed by atoms with Crippen molar-refractivity contribution in [3.63, 3.8) is 0 Å². The Morgan fingerprint density at radius 1 is 0.744 bits per heavy atom. The molecule has 2 saturated carbocycles. The zero-order valence-electron chi connectivity index (χ0n) is 22.1. The minimum atomic E-state index is -4.42. The largest absolute Gasteiger partial charge is 0.513 e. The van der Waals surface area contributed by atoms with Gasteiger partial charge in [0.05, 0.1) is 16.9 Å². The minimum Gasteiger partial charge on any atom is -0.513 e. The molecule has 2 aliphatic carbocycles. The van der Waals surface area contributed by atoms with E-state index in [9.17, 15) is 31.4 Å². The van der Waals surface area contributed by atoms with Crippen LogP contribution in [0.15, 0.2) is 60.9 Å². The van der Waals surface area contributed by atoms with E-state index in [4.69, 9.17) is 0 Å². The molecule has 2 nitrogen and oxygen atoms in total. The Balaban J connectivity index is 1.62. The Hall–Kier alpha value is -2.48. The summed E-state index contributed by atoms with van der Waals surface area (Å²) in [4.78, 5) is 2.26. The van der Waals surface area contributed by atoms with Gasteiger partial charge in [0.25, 0.3) is 0 Å². The van der Waals surface area contributed by atoms with Crippen molar-refractivity contribution in [1.82, 2.24) is 4.90 Å². The average Bonchev–Trinajstić information content (AvgIpc) is 2.88. The summed E-state index contributed by atoms with van der Waals surface area (Å²) in [5.41, 5.74) is 0.0713. The van der Waals surface area contributed by atoms with Crippen LogP contribution in [0.25, 0.3) is 0 Å². The first-order chi connectivity index (χ1) is 18.4. The number of allylic oxidation sites excluding steroid dienone is 1. The zero-order valence-corrected chi connectivity index (χ0v) is 22.1. The van der Waals surface area contributed by atoms with Gasteiger partial charge < -0.3 is 5.11 Å². The molecule has 0 aromatic heterocycles. The standard InChI is InChI=1S/C31H37F6NO/c1-21(39)17-24-11-16-29(28(18-24)25-5-3-2-4-6-25)38(19-22-7-12-26(13-8-22)30(32,33)34)20-23-9-14-27(15-10-23)31(35,36)37/h7-10,12-15,24-25,28-29,39H,1-6,11,16-20H2/t24-,28-,29+/m0/s1. The number of hydrogen-bond donors (Lipinski definition) is 1. The quantitative estimate of drug-likeness (QED) is 0.260. The van der Waals surface area contributed by atoms with Crippen molar-refractivity contribution >= 4 is 0 Å². The normalized spacial score (nSPS) is 23.2. The lowest BCUT2D eigenvalue weighted by molar-refractivity contribution is -0.138. The van der Waals surface area contributed by atoms with Gasteiger partial charge in [0.1, 0.15) is 0 Å². The van der Waals surface area contributed by atoms with E-state index in [0.29, 0.717) is 37.3 Å². The topological polar surface area (TPSA) is 23.5 Å². The number of nitrogens with zero attached hydrogens (tertiary/aromatic N) is 1. The fourth-order valence-electron chi connectivity index (χ4n) is 6.68. The highest BCUT2D eigenvalue weighted by molar-refractivity contribution is 5.26. The van der Waals surface area contributed by atoms with Gasteiger partial charge in [-0.05, 0) is 72.4 Å². The Bertz CT molecular complexity index is 1010. The molecule has 0 bridgehead atoms. The molecule has 0 aliphatic heterocycles. The fraction of sp³-hybridized carbons (Fsp3) is 0.548. The summed E-state index contributed by atoms with van der Waals surface area (Å²) in [6.45, 7) is 4.50. The summed E-state index contributed by atoms with van der Waals surface area (Å²) >= 11 is 0. The minimum absolute atomic E-state index is 0.140. The van der Waals surface area contributed by atoms with Crippen molar-refractivity contribution in [3.8, 4) is 0 Å². The van der Waals surface area contributed by atoms with Crippen LogP contribution in [0, 0.1) is 17.8 Å². The van der Waals surface area contributed by atoms with Gasteiger partial charge >= 0.3 is 12.4 Å². The van der Waals surface area contributed by atoms with Crippen molar-refractivity contribution in [1.29, 1.82) is 0 Å². The van der Waals surface area contributed by atoms with Gasteiger partial charge in [0.15, 0.2) is 0 Å². The number of benzene rings is 2. The van der Waals surface area contributed by atoms with Crippen LogP contribution >= 0.6 is 0 Å². The second-order valence-electron chi connectivity index (χ2n) is 11.4. The molecule has 39 heavy (non-hydrogen) atoms. The van der Waals surface area contributed by atoms with E-state index in [1.165, 1.54) is 43.5 Å². The molecule has 0 heterocycles. The molecule has 0 saturated heterocycles. The maximum atomic E-state index is 13.1. The molecule has 0 spiro atoms. The summed E-state index contributed by atoms with van der Waals surface area (Å²) in [6.07, 6.45) is 0.227. The van der Waals surface area contributed by atoms with E-state index >= 15 is 0 Å². The van der Waals surface area contributed by atoms with Crippen molar-refractivity contribution in [2.45, 2.75) is 89.3 Å². The number of aliphatic hydroxyl groups excluding tert-OH is 1. The van der Waals surface area contributed by atoms with Gasteiger partial charge in [-0.15, -0.1) is 0 Å². The van der Waals surface area contributed by atoms with Crippen LogP contribution in [0.1, 0.15) is 80.0 Å². The molecule has 0 unspecified atom stereocenters. The lowest BCUT2D eigenvalue weighted by Crippen LogP contribution is -2.46. The smallest absolute Gasteiger partial charge is 0.416 e. The van der Waals surface area contributed by atoms with Crippen LogP contribution < -0.4 is 0 Å². The van der Waals surface area contributed by atoms with Crippen LogP contribution in [0.3, 0.4) is 0 Å². The number of halogens is 6. The van der Waals surface area contributed by atoms with Gasteiger partial charge in [-0.1, -0.05) is 62.9 Å². The Morgan fingerprint density at radius 3 is 1.67 bits per heavy atom. The second kappa shape index (κ2) is 12.4. The number of alkyl halides is 6. The predicted molar refractivity (Wildman–Crippen MR) is 140 cm³/mol. The van der Waals surface area contributed by atoms with Crippen molar-refractivity contribution < 1.29 is 31.4 Å². The Labute approximate surface area is 226 Å². The van der Waals surface area contributed by atoms with Crippen molar-refractivity contribution in [3.05, 3.63) is 83.1 Å². The maximum Gasteiger partial charge on any atom is 0.416 e. The summed E-state index contributed by atoms with van der Waals surface area (Å²) in [5, 5.41) is 9.86. The third kappa shape index (κ3) is 8.03. The molecular formula is C31H37F6NO. The maximum absolute atomic E-state index is 13.1. The molecule has 2 aromatic carbocycles. The van der Waals surface area contributed by atoms with E-state index in [0.717, 1.165) is 67.5 Å². The molecule has 214 valence electrons. The van der Waals surface area contributed by atoms with Crippen molar-refractivity contribution in [2.75, 3.05) is 0 Å². The third-order valence-corrected chi connectivity index (χ3v) is 8.55. The van der Waals surface area contributed by atoms with Gasteiger partial charge in [-0.2, -0.15) is 26.3 Å². The zero-order chi connectivity index (χ0) is 28.2. The second-order valence-corrected chi connectivity index (χ2v) is 11.4. The lowest BCUT2D eigenvalue weighted by atomic mass is 9.66. The highest BCUT2D eigenvalue weighted by Crippen LogP contribution is 2.44. The molecule has 2 fully saturated rings. The molecule has 3 atom stereocenters. The van der Waals surface area contributed by atoms with Crippen LogP contribution in [-0.2, 0) is 25.4 Å². The van der Waals surface area contributed by atoms with E-state index < -0.39 is 23.5 Å². The van der Waals surface area contributed by atoms with E-state index in [2.05, 4.69) is 11.5 Å². The molecule has 0 amide bonds. The van der Waals surface area contributed by atoms with Crippen LogP contribution in [0.5, 0.6) is 0 Å². The fourth-order valence-corrected chi connectivity index (χ4v) is 6.68. The van der Waals surface area contributed by atoms with E-state index in [-0.39, 0.29) is 11.8 Å². The average molecular weight is 554 g/mol. The summed E-state index contributed by atoms with van der Waals surface area (Å²) in [7, 11) is 0. The number of rotatable bonds is 8. The highest BCUT2D eigenvalue weighted by atomic mass is 19.4. The van der Waals surface area contributed by atoms with Crippen LogP contribution in [0.2, 0.25) is 0 Å². The predicted octanol–water partition coefficient (Wildman–Crippen LogP) is 9.55. The first kappa shape index (κ1) is 29.5. The third-order valence-electron chi connectivity index (χ3n) is 8.55. The molecule has 8 heteroatoms. The SMILES string of the molecule is C=C(O)C[C@@H]1CC[C@@H](N(Cc2ccc(C(F)(F)F)cc2)Cc2ccc(C(F)(F)F)cc2)[C@H](C2CCCCC2)C1. The van der Waals surface area contributed by atoms with Gasteiger partial charge in [0, 0.05) is 25.6 Å². The van der Waals surface area contributed by atoms with Gasteiger partial charge in [-0.25, -0.2) is 0 Å². The molecule has 0 radical (unpaired) electrons. The van der Waals surface area contributed by atoms with Gasteiger partial charge in [-0.3, -0.25) is 4.90 Å². The molecule has 2 aliphatic rings.